The number of hydrogen-bond donors (Lipinski definition) is 3. The van der Waals surface area contributed by atoms with Gasteiger partial charge in [0.2, 0.25) is 5.95 Å². The fourth-order valence-electron chi connectivity index (χ4n) is 6.63. The van der Waals surface area contributed by atoms with Gasteiger partial charge in [-0.05, 0) is 85.2 Å². The molecule has 0 radical (unpaired) electrons. The first-order valence-corrected chi connectivity index (χ1v) is 16.9. The van der Waals surface area contributed by atoms with Crippen LogP contribution in [-0.4, -0.2) is 66.8 Å². The quantitative estimate of drug-likeness (QED) is 0.233. The maximum Gasteiger partial charge on any atom is 0.262 e. The molecule has 0 saturated carbocycles. The molecular formula is C32H32ClF2N5O4S. The van der Waals surface area contributed by atoms with Crippen LogP contribution in [-0.2, 0) is 21.2 Å². The highest BCUT2D eigenvalue weighted by molar-refractivity contribution is 7.92. The molecule has 2 aliphatic heterocycles. The molecular weight excluding hydrogens is 624 g/mol. The van der Waals surface area contributed by atoms with Crippen LogP contribution in [0.4, 0.5) is 20.4 Å². The Kier molecular flexibility index (Phi) is 8.11. The third kappa shape index (κ3) is 5.97. The fourth-order valence-corrected chi connectivity index (χ4v) is 8.30. The number of sulfonamides is 1. The molecule has 9 nitrogen and oxygen atoms in total. The Labute approximate surface area is 264 Å². The van der Waals surface area contributed by atoms with Crippen LogP contribution >= 0.6 is 11.6 Å². The van der Waals surface area contributed by atoms with Gasteiger partial charge in [-0.15, -0.1) is 0 Å². The highest BCUT2D eigenvalue weighted by Crippen LogP contribution is 2.39. The molecule has 0 spiro atoms. The molecule has 13 heteroatoms. The highest BCUT2D eigenvalue weighted by atomic mass is 35.5. The lowest BCUT2D eigenvalue weighted by Crippen LogP contribution is -2.45. The number of rotatable bonds is 7. The number of likely N-dealkylation sites (tertiary alicyclic amines) is 1. The summed E-state index contributed by atoms with van der Waals surface area (Å²) in [6.45, 7) is 3.60. The third-order valence-electron chi connectivity index (χ3n) is 9.01. The van der Waals surface area contributed by atoms with Gasteiger partial charge in [-0.2, -0.15) is 0 Å². The van der Waals surface area contributed by atoms with Gasteiger partial charge < -0.3 is 15.2 Å². The van der Waals surface area contributed by atoms with Crippen molar-refractivity contribution >= 4 is 44.2 Å². The first kappa shape index (κ1) is 30.2. The van der Waals surface area contributed by atoms with Crippen LogP contribution in [0.25, 0.3) is 22.0 Å². The van der Waals surface area contributed by atoms with Gasteiger partial charge in [-0.25, -0.2) is 27.2 Å². The van der Waals surface area contributed by atoms with E-state index in [4.69, 9.17) is 16.3 Å². The topological polar surface area (TPSA) is 117 Å². The minimum absolute atomic E-state index is 0.132. The molecule has 0 amide bonds. The van der Waals surface area contributed by atoms with E-state index in [1.807, 2.05) is 0 Å². The summed E-state index contributed by atoms with van der Waals surface area (Å²) in [5.74, 6) is -1.42. The zero-order chi connectivity index (χ0) is 31.3. The van der Waals surface area contributed by atoms with Crippen molar-refractivity contribution in [1.29, 1.82) is 0 Å². The Morgan fingerprint density at radius 3 is 2.64 bits per heavy atom. The number of fused-ring (bicyclic) bond motifs is 2. The molecule has 2 unspecified atom stereocenters. The number of aromatic nitrogens is 2. The number of aliphatic hydroxyl groups is 1. The average Bonchev–Trinajstić information content (AvgIpc) is 3.69. The van der Waals surface area contributed by atoms with E-state index in [2.05, 4.69) is 24.9 Å². The van der Waals surface area contributed by atoms with Gasteiger partial charge in [0, 0.05) is 48.4 Å². The summed E-state index contributed by atoms with van der Waals surface area (Å²) in [6.07, 6.45) is 4.47. The Morgan fingerprint density at radius 2 is 1.87 bits per heavy atom. The molecule has 2 fully saturated rings. The first-order valence-electron chi connectivity index (χ1n) is 15.0. The summed E-state index contributed by atoms with van der Waals surface area (Å²) < 4.78 is 65.5. The van der Waals surface area contributed by atoms with Gasteiger partial charge in [0.05, 0.1) is 34.4 Å². The number of benzene rings is 3. The van der Waals surface area contributed by atoms with Crippen LogP contribution in [0, 0.1) is 11.6 Å². The van der Waals surface area contributed by atoms with Gasteiger partial charge >= 0.3 is 0 Å². The van der Waals surface area contributed by atoms with Crippen molar-refractivity contribution in [3.05, 3.63) is 76.4 Å². The molecule has 7 rings (SSSR count). The molecule has 4 aromatic rings. The maximum atomic E-state index is 15.8. The molecule has 1 aliphatic carbocycles. The predicted octanol–water partition coefficient (Wildman–Crippen LogP) is 5.67. The van der Waals surface area contributed by atoms with Gasteiger partial charge in [0.1, 0.15) is 5.82 Å². The zero-order valence-electron chi connectivity index (χ0n) is 24.3. The standard InChI is InChI=1S/C32H32ClF2N5O4S/c33-20-14-24-23(2-6-28(24)41)29(15-20)45(42,43)39-27-5-3-25(34)30(31(27)35)18-1-4-26-19(13-18)16-36-32(38-26)37-21-7-10-40(11-8-21)22-9-12-44-17-22/h1,3-5,13-16,21-22,28,39,41H,2,6-12,17H2,(H,36,37,38). The minimum atomic E-state index is -4.32. The number of piperidine rings is 1. The predicted molar refractivity (Wildman–Crippen MR) is 168 cm³/mol. The average molecular weight is 656 g/mol. The summed E-state index contributed by atoms with van der Waals surface area (Å²) in [7, 11) is -4.32. The van der Waals surface area contributed by atoms with Crippen LogP contribution in [0.3, 0.4) is 0 Å². The molecule has 2 saturated heterocycles. The first-order chi connectivity index (χ1) is 21.7. The molecule has 3 aromatic carbocycles. The van der Waals surface area contributed by atoms with E-state index in [1.54, 1.807) is 24.4 Å². The summed E-state index contributed by atoms with van der Waals surface area (Å²) in [5, 5.41) is 14.4. The number of nitrogens with zero attached hydrogens (tertiary/aromatic N) is 3. The molecule has 3 aliphatic rings. The van der Waals surface area contributed by atoms with Crippen LogP contribution in [0.1, 0.15) is 42.9 Å². The summed E-state index contributed by atoms with van der Waals surface area (Å²) in [4.78, 5) is 11.4. The van der Waals surface area contributed by atoms with E-state index in [0.717, 1.165) is 57.7 Å². The number of nitrogens with one attached hydrogen (secondary N) is 2. The Bertz CT molecular complexity index is 1880. The zero-order valence-corrected chi connectivity index (χ0v) is 25.8. The van der Waals surface area contributed by atoms with E-state index in [1.165, 1.54) is 12.1 Å². The van der Waals surface area contributed by atoms with Crippen molar-refractivity contribution in [2.45, 2.75) is 55.2 Å². The number of anilines is 2. The van der Waals surface area contributed by atoms with E-state index < -0.39 is 33.4 Å². The SMILES string of the molecule is O=S(=O)(Nc1ccc(F)c(-c2ccc3nc(NC4CCN(C5CCOC5)CC4)ncc3c2)c1F)c1cc(Cl)cc2c1CCC2O. The van der Waals surface area contributed by atoms with E-state index in [0.29, 0.717) is 46.9 Å². The Hall–Kier alpha value is -3.42. The largest absolute Gasteiger partial charge is 0.388 e. The lowest BCUT2D eigenvalue weighted by molar-refractivity contribution is 0.124. The number of aliphatic hydroxyl groups excluding tert-OH is 1. The van der Waals surface area contributed by atoms with Crippen molar-refractivity contribution in [2.75, 3.05) is 36.3 Å². The maximum absolute atomic E-state index is 15.8. The minimum Gasteiger partial charge on any atom is -0.388 e. The number of ether oxygens (including phenoxy) is 1. The van der Waals surface area contributed by atoms with Crippen LogP contribution in [0.5, 0.6) is 0 Å². The van der Waals surface area contributed by atoms with Gasteiger partial charge in [0.15, 0.2) is 5.82 Å². The van der Waals surface area contributed by atoms with Crippen molar-refractivity contribution in [1.82, 2.24) is 14.9 Å². The molecule has 0 bridgehead atoms. The molecule has 236 valence electrons. The van der Waals surface area contributed by atoms with E-state index >= 15 is 8.78 Å². The second-order valence-corrected chi connectivity index (χ2v) is 13.9. The Balaban J connectivity index is 1.11. The van der Waals surface area contributed by atoms with Crippen LogP contribution in [0.2, 0.25) is 5.02 Å². The lowest BCUT2D eigenvalue weighted by atomic mass is 10.0. The molecule has 1 aromatic heterocycles. The van der Waals surface area contributed by atoms with Crippen molar-refractivity contribution in [2.24, 2.45) is 0 Å². The van der Waals surface area contributed by atoms with Crippen LogP contribution in [0.15, 0.2) is 53.6 Å². The molecule has 2 atom stereocenters. The normalized spacial score (nSPS) is 20.9. The van der Waals surface area contributed by atoms with Gasteiger partial charge in [-0.1, -0.05) is 17.7 Å². The second kappa shape index (κ2) is 12.1. The highest BCUT2D eigenvalue weighted by Gasteiger charge is 2.31. The Morgan fingerprint density at radius 1 is 1.04 bits per heavy atom. The van der Waals surface area contributed by atoms with Crippen molar-refractivity contribution < 1.29 is 27.0 Å². The molecule has 3 N–H and O–H groups in total. The van der Waals surface area contributed by atoms with E-state index in [9.17, 15) is 13.5 Å². The van der Waals surface area contributed by atoms with Gasteiger partial charge in [-0.3, -0.25) is 9.62 Å². The fraction of sp³-hybridized carbons (Fsp3) is 0.375. The summed E-state index contributed by atoms with van der Waals surface area (Å²) in [5.41, 5.74) is 0.867. The summed E-state index contributed by atoms with van der Waals surface area (Å²) >= 11 is 6.15. The molecule has 45 heavy (non-hydrogen) atoms. The smallest absolute Gasteiger partial charge is 0.262 e. The van der Waals surface area contributed by atoms with Crippen LogP contribution < -0.4 is 10.0 Å². The summed E-state index contributed by atoms with van der Waals surface area (Å²) in [6, 6.07) is 10.4. The third-order valence-corrected chi connectivity index (χ3v) is 10.7. The van der Waals surface area contributed by atoms with E-state index in [-0.39, 0.29) is 27.1 Å². The van der Waals surface area contributed by atoms with Crippen molar-refractivity contribution in [3.8, 4) is 11.1 Å². The lowest BCUT2D eigenvalue weighted by Gasteiger charge is -2.35. The van der Waals surface area contributed by atoms with Crippen molar-refractivity contribution in [3.63, 3.8) is 0 Å². The second-order valence-electron chi connectivity index (χ2n) is 11.9. The number of halogens is 3. The number of hydrogen-bond acceptors (Lipinski definition) is 8. The van der Waals surface area contributed by atoms with Gasteiger partial charge in [0.25, 0.3) is 10.0 Å². The molecule has 3 heterocycles. The monoisotopic (exact) mass is 655 g/mol.